The number of carbonyl (C=O) groups excluding carboxylic acids is 3. The third kappa shape index (κ3) is 21.4. The number of hydrogen-bond acceptors (Lipinski definition) is 10. The minimum Gasteiger partial charge on any atom is -0.462 e. The van der Waals surface area contributed by atoms with E-state index in [1.807, 2.05) is 30.3 Å². The Labute approximate surface area is 337 Å². The fraction of sp³-hybridized carbons (Fsp3) is 0.775. The SMILES string of the molecule is CCCCCCCCCCC[C@H](CC(=O)N[C@H]1[C@H](OCc2ccccc2)O[C@H](CO)[C@@H](O)[C@@H]1OC(=O)OCC(Cl)(Cl)Cl)OC(=O)CCCCCCCCC. The molecule has 1 heterocycles. The maximum atomic E-state index is 13.7. The van der Waals surface area contributed by atoms with Gasteiger partial charge in [-0.2, -0.15) is 0 Å². The fourth-order valence-electron chi connectivity index (χ4n) is 6.35. The Morgan fingerprint density at radius 1 is 0.852 bits per heavy atom. The lowest BCUT2D eigenvalue weighted by atomic mass is 9.96. The number of unbranched alkanes of at least 4 members (excludes halogenated alkanes) is 14. The molecule has 1 fully saturated rings. The highest BCUT2D eigenvalue weighted by Crippen LogP contribution is 2.29. The Morgan fingerprint density at radius 3 is 2.00 bits per heavy atom. The summed E-state index contributed by atoms with van der Waals surface area (Å²) >= 11 is 17.2. The van der Waals surface area contributed by atoms with Crippen LogP contribution in [0.15, 0.2) is 30.3 Å². The van der Waals surface area contributed by atoms with Crippen LogP contribution in [0.5, 0.6) is 0 Å². The minimum absolute atomic E-state index is 0.0357. The first-order valence-corrected chi connectivity index (χ1v) is 21.1. The molecule has 14 heteroatoms. The number of amides is 1. The van der Waals surface area contributed by atoms with Crippen LogP contribution in [0.4, 0.5) is 4.79 Å². The molecular formula is C40H64Cl3NO10. The molecule has 0 radical (unpaired) electrons. The molecule has 2 rings (SSSR count). The second-order valence-electron chi connectivity index (χ2n) is 14.1. The summed E-state index contributed by atoms with van der Waals surface area (Å²) < 4.78 is 26.3. The normalized spacial score (nSPS) is 20.6. The molecule has 1 aliphatic heterocycles. The minimum atomic E-state index is -1.92. The van der Waals surface area contributed by atoms with Crippen molar-refractivity contribution < 1.29 is 48.3 Å². The largest absolute Gasteiger partial charge is 0.508 e. The molecule has 1 aromatic carbocycles. The average Bonchev–Trinajstić information content (AvgIpc) is 3.14. The number of benzene rings is 1. The van der Waals surface area contributed by atoms with Crippen LogP contribution in [-0.4, -0.2) is 82.0 Å². The smallest absolute Gasteiger partial charge is 0.462 e. The molecular weight excluding hydrogens is 761 g/mol. The van der Waals surface area contributed by atoms with E-state index in [0.717, 1.165) is 56.9 Å². The quantitative estimate of drug-likeness (QED) is 0.0425. The number of esters is 1. The molecule has 6 atom stereocenters. The third-order valence-electron chi connectivity index (χ3n) is 9.35. The van der Waals surface area contributed by atoms with Gasteiger partial charge >= 0.3 is 12.1 Å². The third-order valence-corrected chi connectivity index (χ3v) is 9.68. The number of aliphatic hydroxyl groups is 2. The first-order valence-electron chi connectivity index (χ1n) is 20.0. The van der Waals surface area contributed by atoms with Crippen molar-refractivity contribution in [1.29, 1.82) is 0 Å². The van der Waals surface area contributed by atoms with Crippen LogP contribution in [-0.2, 0) is 39.9 Å². The van der Waals surface area contributed by atoms with Gasteiger partial charge in [0.05, 0.1) is 19.6 Å². The fourth-order valence-corrected chi connectivity index (χ4v) is 6.51. The summed E-state index contributed by atoms with van der Waals surface area (Å²) in [7, 11) is 0. The van der Waals surface area contributed by atoms with Crippen LogP contribution in [0, 0.1) is 0 Å². The molecule has 0 spiro atoms. The summed E-state index contributed by atoms with van der Waals surface area (Å²) in [4.78, 5) is 39.4. The number of aliphatic hydroxyl groups excluding tert-OH is 2. The van der Waals surface area contributed by atoms with Crippen molar-refractivity contribution in [3.8, 4) is 0 Å². The Hall–Kier alpha value is -1.86. The summed E-state index contributed by atoms with van der Waals surface area (Å²) in [5, 5.41) is 23.9. The molecule has 310 valence electrons. The van der Waals surface area contributed by atoms with Gasteiger partial charge in [-0.1, -0.05) is 169 Å². The van der Waals surface area contributed by atoms with Crippen molar-refractivity contribution in [3.05, 3.63) is 35.9 Å². The van der Waals surface area contributed by atoms with Crippen LogP contribution in [0.25, 0.3) is 0 Å². The number of rotatable bonds is 28. The highest BCUT2D eigenvalue weighted by Gasteiger charge is 2.49. The second-order valence-corrected chi connectivity index (χ2v) is 16.7. The number of halogens is 3. The number of carbonyl (C=O) groups is 3. The zero-order valence-electron chi connectivity index (χ0n) is 32.2. The predicted octanol–water partition coefficient (Wildman–Crippen LogP) is 9.02. The molecule has 1 amide bonds. The zero-order valence-corrected chi connectivity index (χ0v) is 34.5. The zero-order chi connectivity index (χ0) is 39.6. The number of ether oxygens (including phenoxy) is 5. The van der Waals surface area contributed by atoms with Crippen LogP contribution < -0.4 is 5.32 Å². The van der Waals surface area contributed by atoms with Gasteiger partial charge in [-0.15, -0.1) is 0 Å². The topological polar surface area (TPSA) is 150 Å². The molecule has 0 aromatic heterocycles. The molecule has 11 nitrogen and oxygen atoms in total. The lowest BCUT2D eigenvalue weighted by molar-refractivity contribution is -0.274. The van der Waals surface area contributed by atoms with Crippen molar-refractivity contribution in [2.75, 3.05) is 13.2 Å². The lowest BCUT2D eigenvalue weighted by Crippen LogP contribution is -2.66. The van der Waals surface area contributed by atoms with E-state index in [1.54, 1.807) is 0 Å². The second kappa shape index (κ2) is 28.5. The van der Waals surface area contributed by atoms with E-state index >= 15 is 0 Å². The summed E-state index contributed by atoms with van der Waals surface area (Å²) in [6.45, 7) is 3.13. The standard InChI is InChI=1S/C40H64Cl3NO10/c1-3-5-7-9-11-12-14-15-20-24-31(52-34(47)25-21-16-13-10-8-6-4-2)26-33(46)44-35-37(54-39(49)51-29-40(41,42)43)36(48)32(27-45)53-38(35)50-28-30-22-18-17-19-23-30/h17-19,22-23,31-32,35-38,45,48H,3-16,20-21,24-29H2,1-2H3,(H,44,46)/t31-,32-,35-,36-,37-,38-/m1/s1. The van der Waals surface area contributed by atoms with Crippen molar-refractivity contribution in [1.82, 2.24) is 5.32 Å². The van der Waals surface area contributed by atoms with Crippen molar-refractivity contribution in [3.63, 3.8) is 0 Å². The van der Waals surface area contributed by atoms with Gasteiger partial charge in [0.15, 0.2) is 12.4 Å². The average molecular weight is 825 g/mol. The summed E-state index contributed by atoms with van der Waals surface area (Å²) in [5.74, 6) is -0.888. The Bertz CT molecular complexity index is 1160. The molecule has 1 aromatic rings. The Balaban J connectivity index is 2.16. The van der Waals surface area contributed by atoms with Crippen LogP contribution in [0.1, 0.15) is 141 Å². The number of nitrogens with one attached hydrogen (secondary N) is 1. The first kappa shape index (κ1) is 48.3. The van der Waals surface area contributed by atoms with E-state index in [1.165, 1.54) is 51.4 Å². The summed E-state index contributed by atoms with van der Waals surface area (Å²) in [6.07, 6.45) is 10.6. The van der Waals surface area contributed by atoms with E-state index in [-0.39, 0.29) is 25.4 Å². The molecule has 1 saturated heterocycles. The van der Waals surface area contributed by atoms with Gasteiger partial charge in [0.25, 0.3) is 0 Å². The maximum absolute atomic E-state index is 13.7. The predicted molar refractivity (Wildman–Crippen MR) is 210 cm³/mol. The number of alkyl halides is 3. The van der Waals surface area contributed by atoms with Crippen LogP contribution >= 0.6 is 34.8 Å². The summed E-state index contributed by atoms with van der Waals surface area (Å²) in [6, 6.07) is 7.89. The molecule has 0 aliphatic carbocycles. The van der Waals surface area contributed by atoms with E-state index in [0.29, 0.717) is 6.42 Å². The summed E-state index contributed by atoms with van der Waals surface area (Å²) in [5.41, 5.74) is 0.784. The molecule has 0 saturated carbocycles. The van der Waals surface area contributed by atoms with Crippen LogP contribution in [0.3, 0.4) is 0 Å². The molecule has 3 N–H and O–H groups in total. The Morgan fingerprint density at radius 2 is 1.43 bits per heavy atom. The molecule has 1 aliphatic rings. The van der Waals surface area contributed by atoms with Gasteiger partial charge in [-0.25, -0.2) is 4.79 Å². The highest BCUT2D eigenvalue weighted by molar-refractivity contribution is 6.67. The van der Waals surface area contributed by atoms with Gasteiger partial charge in [-0.3, -0.25) is 9.59 Å². The van der Waals surface area contributed by atoms with Crippen molar-refractivity contribution in [2.45, 2.75) is 183 Å². The molecule has 0 bridgehead atoms. The van der Waals surface area contributed by atoms with Gasteiger partial charge < -0.3 is 39.2 Å². The van der Waals surface area contributed by atoms with Crippen molar-refractivity contribution >= 4 is 52.8 Å². The van der Waals surface area contributed by atoms with E-state index < -0.39 is 65.8 Å². The highest BCUT2D eigenvalue weighted by atomic mass is 35.6. The van der Waals surface area contributed by atoms with E-state index in [9.17, 15) is 24.6 Å². The van der Waals surface area contributed by atoms with Gasteiger partial charge in [0.1, 0.15) is 31.0 Å². The van der Waals surface area contributed by atoms with Crippen molar-refractivity contribution in [2.24, 2.45) is 0 Å². The van der Waals surface area contributed by atoms with E-state index in [2.05, 4.69) is 19.2 Å². The van der Waals surface area contributed by atoms with E-state index in [4.69, 9.17) is 58.5 Å². The van der Waals surface area contributed by atoms with Gasteiger partial charge in [0, 0.05) is 6.42 Å². The number of hydrogen-bond donors (Lipinski definition) is 3. The van der Waals surface area contributed by atoms with Gasteiger partial charge in [0.2, 0.25) is 9.70 Å². The lowest BCUT2D eigenvalue weighted by Gasteiger charge is -2.43. The molecule has 54 heavy (non-hydrogen) atoms. The Kier molecular flexibility index (Phi) is 25.5. The molecule has 0 unspecified atom stereocenters. The maximum Gasteiger partial charge on any atom is 0.508 e. The van der Waals surface area contributed by atoms with Crippen LogP contribution in [0.2, 0.25) is 0 Å². The first-order chi connectivity index (χ1) is 26.0. The van der Waals surface area contributed by atoms with Gasteiger partial charge in [-0.05, 0) is 24.8 Å². The monoisotopic (exact) mass is 823 g/mol.